The van der Waals surface area contributed by atoms with Gasteiger partial charge in [-0.15, -0.1) is 0 Å². The SMILES string of the molecule is CCCCS(=O)(=O)NCCN1CCCCC1=O. The van der Waals surface area contributed by atoms with Gasteiger partial charge in [0, 0.05) is 26.1 Å². The normalized spacial score (nSPS) is 17.5. The van der Waals surface area contributed by atoms with Gasteiger partial charge in [0.25, 0.3) is 0 Å². The maximum Gasteiger partial charge on any atom is 0.222 e. The van der Waals surface area contributed by atoms with E-state index in [4.69, 9.17) is 0 Å². The Labute approximate surface area is 104 Å². The Bertz CT molecular complexity index is 341. The van der Waals surface area contributed by atoms with Crippen LogP contribution < -0.4 is 4.72 Å². The van der Waals surface area contributed by atoms with Crippen molar-refractivity contribution in [2.75, 3.05) is 25.4 Å². The average molecular weight is 262 g/mol. The number of amides is 1. The van der Waals surface area contributed by atoms with E-state index in [9.17, 15) is 13.2 Å². The monoisotopic (exact) mass is 262 g/mol. The van der Waals surface area contributed by atoms with Gasteiger partial charge in [0.15, 0.2) is 0 Å². The number of carbonyl (C=O) groups excluding carboxylic acids is 1. The molecule has 0 unspecified atom stereocenters. The van der Waals surface area contributed by atoms with Crippen molar-refractivity contribution in [3.63, 3.8) is 0 Å². The minimum absolute atomic E-state index is 0.143. The van der Waals surface area contributed by atoms with E-state index in [-0.39, 0.29) is 11.7 Å². The second kappa shape index (κ2) is 6.96. The summed E-state index contributed by atoms with van der Waals surface area (Å²) in [7, 11) is -3.15. The number of nitrogens with one attached hydrogen (secondary N) is 1. The van der Waals surface area contributed by atoms with Crippen LogP contribution in [-0.4, -0.2) is 44.6 Å². The molecule has 6 heteroatoms. The van der Waals surface area contributed by atoms with Crippen LogP contribution in [0.15, 0.2) is 0 Å². The molecule has 0 aromatic carbocycles. The van der Waals surface area contributed by atoms with E-state index in [2.05, 4.69) is 4.72 Å². The fourth-order valence-corrected chi connectivity index (χ4v) is 3.06. The molecule has 0 radical (unpaired) electrons. The molecule has 1 N–H and O–H groups in total. The van der Waals surface area contributed by atoms with Crippen molar-refractivity contribution >= 4 is 15.9 Å². The summed E-state index contributed by atoms with van der Waals surface area (Å²) in [5.74, 6) is 0.321. The molecule has 1 heterocycles. The number of hydrogen-bond donors (Lipinski definition) is 1. The van der Waals surface area contributed by atoms with Crippen molar-refractivity contribution in [2.24, 2.45) is 0 Å². The molecule has 1 fully saturated rings. The Morgan fingerprint density at radius 1 is 1.35 bits per heavy atom. The Morgan fingerprint density at radius 2 is 2.12 bits per heavy atom. The maximum absolute atomic E-state index is 11.5. The molecule has 1 rings (SSSR count). The summed E-state index contributed by atoms with van der Waals surface area (Å²) in [4.78, 5) is 13.2. The highest BCUT2D eigenvalue weighted by Gasteiger charge is 2.18. The summed E-state index contributed by atoms with van der Waals surface area (Å²) in [6.45, 7) is 3.54. The van der Waals surface area contributed by atoms with Crippen LogP contribution in [0.25, 0.3) is 0 Å². The second-order valence-electron chi connectivity index (χ2n) is 4.40. The van der Waals surface area contributed by atoms with Crippen molar-refractivity contribution in [3.8, 4) is 0 Å². The molecule has 1 amide bonds. The standard InChI is InChI=1S/C11H22N2O3S/c1-2-3-10-17(15,16)12-7-9-13-8-5-4-6-11(13)14/h12H,2-10H2,1H3. The predicted molar refractivity (Wildman–Crippen MR) is 67.1 cm³/mol. The summed E-state index contributed by atoms with van der Waals surface area (Å²) in [6, 6.07) is 0. The lowest BCUT2D eigenvalue weighted by atomic mass is 10.1. The summed E-state index contributed by atoms with van der Waals surface area (Å²) in [5.41, 5.74) is 0. The summed E-state index contributed by atoms with van der Waals surface area (Å²) >= 11 is 0. The van der Waals surface area contributed by atoms with Crippen LogP contribution in [-0.2, 0) is 14.8 Å². The lowest BCUT2D eigenvalue weighted by molar-refractivity contribution is -0.133. The zero-order valence-corrected chi connectivity index (χ0v) is 11.3. The molecule has 0 atom stereocenters. The second-order valence-corrected chi connectivity index (χ2v) is 6.33. The lowest BCUT2D eigenvalue weighted by Crippen LogP contribution is -2.41. The minimum Gasteiger partial charge on any atom is -0.341 e. The lowest BCUT2D eigenvalue weighted by Gasteiger charge is -2.26. The molecule has 1 aliphatic rings. The minimum atomic E-state index is -3.15. The third-order valence-electron chi connectivity index (χ3n) is 2.89. The zero-order valence-electron chi connectivity index (χ0n) is 10.4. The molecule has 0 aromatic heterocycles. The van der Waals surface area contributed by atoms with Crippen molar-refractivity contribution in [1.82, 2.24) is 9.62 Å². The Morgan fingerprint density at radius 3 is 2.76 bits per heavy atom. The van der Waals surface area contributed by atoms with Gasteiger partial charge in [-0.05, 0) is 19.3 Å². The first-order chi connectivity index (χ1) is 8.05. The molecule has 0 aliphatic carbocycles. The molecule has 1 saturated heterocycles. The Kier molecular flexibility index (Phi) is 5.91. The largest absolute Gasteiger partial charge is 0.341 e. The van der Waals surface area contributed by atoms with E-state index in [0.29, 0.717) is 25.9 Å². The number of likely N-dealkylation sites (tertiary alicyclic amines) is 1. The highest BCUT2D eigenvalue weighted by Crippen LogP contribution is 2.09. The molecule has 0 aromatic rings. The first-order valence-corrected chi connectivity index (χ1v) is 7.95. The van der Waals surface area contributed by atoms with E-state index in [1.54, 1.807) is 4.90 Å². The highest BCUT2D eigenvalue weighted by atomic mass is 32.2. The van der Waals surface area contributed by atoms with E-state index >= 15 is 0 Å². The number of carbonyl (C=O) groups is 1. The van der Waals surface area contributed by atoms with Crippen molar-refractivity contribution in [1.29, 1.82) is 0 Å². The van der Waals surface area contributed by atoms with Gasteiger partial charge in [-0.1, -0.05) is 13.3 Å². The van der Waals surface area contributed by atoms with E-state index in [1.807, 2.05) is 6.92 Å². The molecule has 0 bridgehead atoms. The van der Waals surface area contributed by atoms with Crippen molar-refractivity contribution in [3.05, 3.63) is 0 Å². The Hall–Kier alpha value is -0.620. The molecule has 17 heavy (non-hydrogen) atoms. The van der Waals surface area contributed by atoms with Crippen LogP contribution in [0.5, 0.6) is 0 Å². The first-order valence-electron chi connectivity index (χ1n) is 6.30. The van der Waals surface area contributed by atoms with Gasteiger partial charge in [0.1, 0.15) is 0 Å². The quantitative estimate of drug-likeness (QED) is 0.735. The first kappa shape index (κ1) is 14.4. The number of sulfonamides is 1. The van der Waals surface area contributed by atoms with Crippen LogP contribution >= 0.6 is 0 Å². The highest BCUT2D eigenvalue weighted by molar-refractivity contribution is 7.89. The number of unbranched alkanes of at least 4 members (excludes halogenated alkanes) is 1. The fraction of sp³-hybridized carbons (Fsp3) is 0.909. The predicted octanol–water partition coefficient (Wildman–Crippen LogP) is 0.718. The van der Waals surface area contributed by atoms with E-state index < -0.39 is 10.0 Å². The van der Waals surface area contributed by atoms with Crippen LogP contribution in [0.3, 0.4) is 0 Å². The van der Waals surface area contributed by atoms with Gasteiger partial charge in [0.05, 0.1) is 5.75 Å². The van der Waals surface area contributed by atoms with E-state index in [0.717, 1.165) is 25.8 Å². The zero-order chi connectivity index (χ0) is 12.7. The summed E-state index contributed by atoms with van der Waals surface area (Å²) in [5, 5.41) is 0. The van der Waals surface area contributed by atoms with Crippen LogP contribution in [0, 0.1) is 0 Å². The fourth-order valence-electron chi connectivity index (χ4n) is 1.84. The van der Waals surface area contributed by atoms with Gasteiger partial charge in [-0.25, -0.2) is 13.1 Å². The molecule has 0 spiro atoms. The van der Waals surface area contributed by atoms with Crippen molar-refractivity contribution in [2.45, 2.75) is 39.0 Å². The van der Waals surface area contributed by atoms with Gasteiger partial charge >= 0.3 is 0 Å². The number of nitrogens with zero attached hydrogens (tertiary/aromatic N) is 1. The topological polar surface area (TPSA) is 66.5 Å². The average Bonchev–Trinajstić information content (AvgIpc) is 2.29. The molecular formula is C11H22N2O3S. The van der Waals surface area contributed by atoms with Crippen molar-refractivity contribution < 1.29 is 13.2 Å². The van der Waals surface area contributed by atoms with Crippen LogP contribution in [0.2, 0.25) is 0 Å². The van der Waals surface area contributed by atoms with Gasteiger partial charge in [-0.3, -0.25) is 4.79 Å². The molecule has 0 saturated carbocycles. The molecule has 100 valence electrons. The van der Waals surface area contributed by atoms with E-state index in [1.165, 1.54) is 0 Å². The number of hydrogen-bond acceptors (Lipinski definition) is 3. The van der Waals surface area contributed by atoms with Crippen LogP contribution in [0.1, 0.15) is 39.0 Å². The number of piperidine rings is 1. The molecular weight excluding hydrogens is 240 g/mol. The maximum atomic E-state index is 11.5. The third kappa shape index (κ3) is 5.50. The smallest absolute Gasteiger partial charge is 0.222 e. The van der Waals surface area contributed by atoms with Crippen LogP contribution in [0.4, 0.5) is 0 Å². The number of rotatable bonds is 7. The van der Waals surface area contributed by atoms with Gasteiger partial charge in [0.2, 0.25) is 15.9 Å². The van der Waals surface area contributed by atoms with Gasteiger partial charge < -0.3 is 4.90 Å². The summed E-state index contributed by atoms with van der Waals surface area (Å²) in [6.07, 6.45) is 4.12. The summed E-state index contributed by atoms with van der Waals surface area (Å²) < 4.78 is 25.5. The third-order valence-corrected chi connectivity index (χ3v) is 4.36. The Balaban J connectivity index is 2.24. The molecule has 1 aliphatic heterocycles. The molecule has 5 nitrogen and oxygen atoms in total. The van der Waals surface area contributed by atoms with Gasteiger partial charge in [-0.2, -0.15) is 0 Å².